The van der Waals surface area contributed by atoms with E-state index >= 15 is 0 Å². The molecule has 3 aromatic rings. The number of nitrogens with one attached hydrogen (secondary N) is 1. The van der Waals surface area contributed by atoms with E-state index in [0.29, 0.717) is 35.2 Å². The number of fused-ring (bicyclic) bond motifs is 1. The molecule has 170 valence electrons. The van der Waals surface area contributed by atoms with Gasteiger partial charge in [0.15, 0.2) is 17.5 Å². The van der Waals surface area contributed by atoms with E-state index in [1.807, 2.05) is 32.9 Å². The molecule has 1 fully saturated rings. The van der Waals surface area contributed by atoms with Crippen LogP contribution in [0.4, 0.5) is 0 Å². The molecule has 1 saturated carbocycles. The van der Waals surface area contributed by atoms with Crippen molar-refractivity contribution in [3.63, 3.8) is 0 Å². The predicted molar refractivity (Wildman–Crippen MR) is 126 cm³/mol. The first kappa shape index (κ1) is 21.2. The number of hydrogen-bond donors (Lipinski definition) is 3. The second kappa shape index (κ2) is 7.47. The molecule has 1 aliphatic carbocycles. The monoisotopic (exact) mass is 444 g/mol. The van der Waals surface area contributed by atoms with Crippen molar-refractivity contribution >= 4 is 11.6 Å². The average Bonchev–Trinajstić information content (AvgIpc) is 3.50. The standard InChI is InChI=1S/C26H28N4O3/c1-26(2,3)18-12-16(7-9-20(18)30-22(32)10-11-23(30)33)21(31)14-29-13-17-6-8-19(15-4-5-15)28-24(17)25(29)27/h6-12,15,27,32-33H,4-5,13-14H2,1-3H3. The average molecular weight is 445 g/mol. The lowest BCUT2D eigenvalue weighted by Crippen LogP contribution is -2.30. The van der Waals surface area contributed by atoms with Crippen molar-refractivity contribution in [2.75, 3.05) is 6.54 Å². The van der Waals surface area contributed by atoms with E-state index in [2.05, 4.69) is 6.07 Å². The lowest BCUT2D eigenvalue weighted by atomic mass is 9.84. The summed E-state index contributed by atoms with van der Waals surface area (Å²) in [5.41, 5.74) is 4.37. The van der Waals surface area contributed by atoms with Crippen molar-refractivity contribution in [2.45, 2.75) is 51.5 Å². The molecule has 3 heterocycles. The fourth-order valence-electron chi connectivity index (χ4n) is 4.44. The van der Waals surface area contributed by atoms with Crippen molar-refractivity contribution in [1.82, 2.24) is 14.5 Å². The van der Waals surface area contributed by atoms with Gasteiger partial charge in [0.05, 0.1) is 12.2 Å². The number of benzene rings is 1. The maximum atomic E-state index is 13.2. The van der Waals surface area contributed by atoms with Crippen LogP contribution in [0.25, 0.3) is 5.69 Å². The van der Waals surface area contributed by atoms with Gasteiger partial charge in [0.25, 0.3) is 0 Å². The van der Waals surface area contributed by atoms with Crippen molar-refractivity contribution in [1.29, 1.82) is 5.41 Å². The number of ketones is 1. The zero-order chi connectivity index (χ0) is 23.5. The molecule has 7 heteroatoms. The molecule has 0 unspecified atom stereocenters. The highest BCUT2D eigenvalue weighted by molar-refractivity contribution is 6.04. The first-order valence-corrected chi connectivity index (χ1v) is 11.2. The molecular formula is C26H28N4O3. The molecule has 1 aliphatic heterocycles. The summed E-state index contributed by atoms with van der Waals surface area (Å²) in [5.74, 6) is 0.591. The summed E-state index contributed by atoms with van der Waals surface area (Å²) in [5, 5.41) is 29.0. The number of Topliss-reactive ketones (excluding diaryl/α,β-unsaturated/α-hetero) is 1. The number of carbonyl (C=O) groups is 1. The fourth-order valence-corrected chi connectivity index (χ4v) is 4.44. The van der Waals surface area contributed by atoms with Crippen molar-refractivity contribution in [3.05, 3.63) is 70.5 Å². The van der Waals surface area contributed by atoms with E-state index in [1.54, 1.807) is 17.0 Å². The zero-order valence-corrected chi connectivity index (χ0v) is 19.1. The van der Waals surface area contributed by atoms with E-state index in [9.17, 15) is 15.0 Å². The summed E-state index contributed by atoms with van der Waals surface area (Å²) < 4.78 is 1.37. The van der Waals surface area contributed by atoms with E-state index in [0.717, 1.165) is 29.7 Å². The molecule has 1 aromatic carbocycles. The van der Waals surface area contributed by atoms with Gasteiger partial charge in [-0.15, -0.1) is 0 Å². The van der Waals surface area contributed by atoms with Gasteiger partial charge in [0.2, 0.25) is 0 Å². The van der Waals surface area contributed by atoms with Crippen molar-refractivity contribution in [2.24, 2.45) is 0 Å². The maximum Gasteiger partial charge on any atom is 0.198 e. The summed E-state index contributed by atoms with van der Waals surface area (Å²) in [7, 11) is 0. The van der Waals surface area contributed by atoms with Gasteiger partial charge in [0, 0.05) is 41.4 Å². The Balaban J connectivity index is 1.41. The topological polar surface area (TPSA) is 102 Å². The van der Waals surface area contributed by atoms with Crippen LogP contribution in [-0.4, -0.2) is 42.8 Å². The van der Waals surface area contributed by atoms with Gasteiger partial charge in [-0.3, -0.25) is 14.8 Å². The number of nitrogens with zero attached hydrogens (tertiary/aromatic N) is 3. The molecule has 33 heavy (non-hydrogen) atoms. The Morgan fingerprint density at radius 3 is 2.42 bits per heavy atom. The Bertz CT molecular complexity index is 1260. The van der Waals surface area contributed by atoms with Gasteiger partial charge in [-0.2, -0.15) is 0 Å². The fraction of sp³-hybridized carbons (Fsp3) is 0.346. The molecule has 2 aliphatic rings. The van der Waals surface area contributed by atoms with Gasteiger partial charge >= 0.3 is 0 Å². The molecule has 0 bridgehead atoms. The molecule has 0 radical (unpaired) electrons. The molecule has 0 atom stereocenters. The highest BCUT2D eigenvalue weighted by atomic mass is 16.3. The smallest absolute Gasteiger partial charge is 0.198 e. The van der Waals surface area contributed by atoms with Gasteiger partial charge in [-0.1, -0.05) is 26.8 Å². The molecule has 5 rings (SSSR count). The highest BCUT2D eigenvalue weighted by Crippen LogP contribution is 2.40. The third-order valence-electron chi connectivity index (χ3n) is 6.44. The van der Waals surface area contributed by atoms with Crippen molar-refractivity contribution < 1.29 is 15.0 Å². The Morgan fingerprint density at radius 1 is 1.09 bits per heavy atom. The van der Waals surface area contributed by atoms with Crippen LogP contribution in [0, 0.1) is 5.41 Å². The maximum absolute atomic E-state index is 13.2. The SMILES string of the molecule is CC(C)(C)c1cc(C(=O)CN2Cc3ccc(C4CC4)nc3C2=N)ccc1-n1c(O)ccc1O. The Labute approximate surface area is 192 Å². The van der Waals surface area contributed by atoms with Gasteiger partial charge in [0.1, 0.15) is 11.5 Å². The first-order valence-electron chi connectivity index (χ1n) is 11.2. The van der Waals surface area contributed by atoms with Gasteiger partial charge in [-0.05, 0) is 48.1 Å². The number of hydrogen-bond acceptors (Lipinski definition) is 5. The molecule has 0 saturated heterocycles. The summed E-state index contributed by atoms with van der Waals surface area (Å²) in [6, 6.07) is 12.2. The second-order valence-electron chi connectivity index (χ2n) is 10.0. The Kier molecular flexibility index (Phi) is 4.81. The molecule has 0 spiro atoms. The van der Waals surface area contributed by atoms with E-state index < -0.39 is 0 Å². The minimum Gasteiger partial charge on any atom is -0.494 e. The normalized spacial score (nSPS) is 15.7. The number of pyridine rings is 1. The van der Waals surface area contributed by atoms with Crippen LogP contribution in [0.1, 0.15) is 72.4 Å². The minimum atomic E-state index is -0.339. The summed E-state index contributed by atoms with van der Waals surface area (Å²) >= 11 is 0. The quantitative estimate of drug-likeness (QED) is 0.504. The van der Waals surface area contributed by atoms with Crippen LogP contribution in [0.2, 0.25) is 0 Å². The Hall–Kier alpha value is -3.61. The number of aromatic nitrogens is 2. The lowest BCUT2D eigenvalue weighted by Gasteiger charge is -2.25. The van der Waals surface area contributed by atoms with Crippen molar-refractivity contribution in [3.8, 4) is 17.4 Å². The molecular weight excluding hydrogens is 416 g/mol. The van der Waals surface area contributed by atoms with Crippen LogP contribution in [0.15, 0.2) is 42.5 Å². The number of aromatic hydroxyl groups is 2. The van der Waals surface area contributed by atoms with Gasteiger partial charge in [-0.25, -0.2) is 4.98 Å². The number of rotatable bonds is 5. The highest BCUT2D eigenvalue weighted by Gasteiger charge is 2.31. The first-order chi connectivity index (χ1) is 15.6. The largest absolute Gasteiger partial charge is 0.494 e. The van der Waals surface area contributed by atoms with E-state index in [-0.39, 0.29) is 29.5 Å². The molecule has 3 N–H and O–H groups in total. The lowest BCUT2D eigenvalue weighted by molar-refractivity contribution is 0.0962. The van der Waals surface area contributed by atoms with E-state index in [1.165, 1.54) is 16.7 Å². The van der Waals surface area contributed by atoms with Crippen LogP contribution < -0.4 is 0 Å². The van der Waals surface area contributed by atoms with Crippen LogP contribution in [0.5, 0.6) is 11.8 Å². The zero-order valence-electron chi connectivity index (χ0n) is 19.1. The molecule has 2 aromatic heterocycles. The van der Waals surface area contributed by atoms with Crippen LogP contribution in [0.3, 0.4) is 0 Å². The molecule has 0 amide bonds. The Morgan fingerprint density at radius 2 is 1.79 bits per heavy atom. The second-order valence-corrected chi connectivity index (χ2v) is 10.0. The third-order valence-corrected chi connectivity index (χ3v) is 6.44. The minimum absolute atomic E-state index is 0.0709. The van der Waals surface area contributed by atoms with Crippen LogP contribution in [-0.2, 0) is 12.0 Å². The summed E-state index contributed by atoms with van der Waals surface area (Å²) in [6.45, 7) is 6.67. The summed E-state index contributed by atoms with van der Waals surface area (Å²) in [6.07, 6.45) is 2.32. The number of carbonyl (C=O) groups excluding carboxylic acids is 1. The van der Waals surface area contributed by atoms with Crippen LogP contribution >= 0.6 is 0 Å². The predicted octanol–water partition coefficient (Wildman–Crippen LogP) is 4.48. The summed E-state index contributed by atoms with van der Waals surface area (Å²) in [4.78, 5) is 19.7. The van der Waals surface area contributed by atoms with Gasteiger partial charge < -0.3 is 15.1 Å². The molecule has 7 nitrogen and oxygen atoms in total. The number of amidine groups is 1. The van der Waals surface area contributed by atoms with E-state index in [4.69, 9.17) is 10.4 Å². The third kappa shape index (κ3) is 3.77.